The summed E-state index contributed by atoms with van der Waals surface area (Å²) in [6, 6.07) is 0. The normalized spacial score (nSPS) is 9.29. The molecule has 28 heavy (non-hydrogen) atoms. The summed E-state index contributed by atoms with van der Waals surface area (Å²) in [5.41, 5.74) is -0.537. The van der Waals surface area contributed by atoms with Crippen molar-refractivity contribution in [3.05, 3.63) is 13.8 Å². The fraction of sp³-hybridized carbons (Fsp3) is 0.667. The summed E-state index contributed by atoms with van der Waals surface area (Å²) in [4.78, 5) is 20.3. The van der Waals surface area contributed by atoms with Crippen LogP contribution in [-0.2, 0) is 95.1 Å². The largest absolute Gasteiger partial charge is 0.366 e. The number of amides is 2. The molecule has 0 fully saturated rings. The van der Waals surface area contributed by atoms with E-state index in [9.17, 15) is 26.4 Å². The van der Waals surface area contributed by atoms with Gasteiger partial charge in [0.2, 0.25) is 20.0 Å². The van der Waals surface area contributed by atoms with E-state index in [1.807, 2.05) is 5.32 Å². The van der Waals surface area contributed by atoms with Crippen molar-refractivity contribution in [3.63, 3.8) is 0 Å². The van der Waals surface area contributed by atoms with Crippen molar-refractivity contribution in [2.75, 3.05) is 11.8 Å². The topological polar surface area (TPSA) is 165 Å². The molecule has 0 spiro atoms. The van der Waals surface area contributed by atoms with Gasteiger partial charge in [-0.15, -0.1) is 0 Å². The molecule has 0 heterocycles. The van der Waals surface area contributed by atoms with Gasteiger partial charge >= 0.3 is 0 Å². The van der Waals surface area contributed by atoms with E-state index >= 15 is 0 Å². The zero-order valence-corrected chi connectivity index (χ0v) is 22.3. The maximum atomic E-state index is 11.2. The number of rotatable bonds is 5. The zero-order valence-electron chi connectivity index (χ0n) is 15.0. The number of sulfonamides is 2. The Morgan fingerprint density at radius 2 is 1.14 bits per heavy atom. The third-order valence-corrected chi connectivity index (χ3v) is 3.39. The first-order valence-corrected chi connectivity index (χ1v) is 9.12. The predicted molar refractivity (Wildman–Crippen MR) is 107 cm³/mol. The standard InChI is InChI=1S/C7H15N2O3S.C3H7N2O3S.2CH4.2B.2Y/c1-6(10)8-5-13(11,12)9-7(2,3)4;1-3(6)5-2-9(4,7)8;;;;;;/h9H,1,5H2,2-4H3,(H,8,10);1-2H2,(H,5,6)(H2,4,7,8);2*1H4;;;;/q2*-1;;;;;;. The molecule has 0 aromatic carbocycles. The maximum absolute atomic E-state index is 11.2. The number of carbonyl (C=O) groups excluding carboxylic acids is 2. The second-order valence-corrected chi connectivity index (χ2v) is 8.45. The van der Waals surface area contributed by atoms with Gasteiger partial charge in [0, 0.05) is 87.8 Å². The van der Waals surface area contributed by atoms with Gasteiger partial charge in [0.1, 0.15) is 11.8 Å². The smallest absolute Gasteiger partial charge is 0.230 e. The van der Waals surface area contributed by atoms with E-state index in [1.165, 1.54) is 0 Å². The molecule has 0 atom stereocenters. The van der Waals surface area contributed by atoms with Gasteiger partial charge in [0.25, 0.3) is 0 Å². The fourth-order valence-corrected chi connectivity index (χ4v) is 2.58. The van der Waals surface area contributed by atoms with Gasteiger partial charge in [-0.05, 0) is 20.8 Å². The van der Waals surface area contributed by atoms with Crippen LogP contribution in [0.4, 0.5) is 0 Å². The van der Waals surface area contributed by atoms with E-state index in [0.717, 1.165) is 0 Å². The van der Waals surface area contributed by atoms with Crippen molar-refractivity contribution in [2.24, 2.45) is 5.14 Å². The number of primary sulfonamides is 1. The van der Waals surface area contributed by atoms with Crippen molar-refractivity contribution in [1.29, 1.82) is 0 Å². The van der Waals surface area contributed by atoms with Gasteiger partial charge in [0.05, 0.1) is 11.8 Å². The van der Waals surface area contributed by atoms with Crippen LogP contribution in [0.15, 0.2) is 0 Å². The summed E-state index contributed by atoms with van der Waals surface area (Å²) in [7, 11) is -7.05. The van der Waals surface area contributed by atoms with Crippen LogP contribution < -0.4 is 20.5 Å². The second kappa shape index (κ2) is 22.5. The third kappa shape index (κ3) is 50.5. The number of carbonyl (C=O) groups is 2. The Hall–Kier alpha value is 0.838. The predicted octanol–water partition coefficient (Wildman–Crippen LogP) is -1.70. The van der Waals surface area contributed by atoms with E-state index in [-0.39, 0.29) is 97.1 Å². The molecule has 8 radical (unpaired) electrons. The Balaban J connectivity index is -0.0000000407. The van der Waals surface area contributed by atoms with E-state index in [4.69, 9.17) is 0 Å². The van der Waals surface area contributed by atoms with Gasteiger partial charge in [-0.25, -0.2) is 26.7 Å². The Morgan fingerprint density at radius 1 is 0.857 bits per heavy atom. The van der Waals surface area contributed by atoms with Crippen molar-refractivity contribution in [2.45, 2.75) is 41.2 Å². The maximum Gasteiger partial charge on any atom is 0.230 e. The van der Waals surface area contributed by atoms with Gasteiger partial charge in [0.15, 0.2) is 0 Å². The average Bonchev–Trinajstić information content (AvgIpc) is 2.20. The molecule has 0 aromatic heterocycles. The minimum atomic E-state index is -3.59. The minimum Gasteiger partial charge on any atom is -0.366 e. The molecule has 0 aliphatic carbocycles. The molecule has 0 bridgehead atoms. The van der Waals surface area contributed by atoms with Crippen LogP contribution in [0, 0.1) is 13.8 Å². The third-order valence-electron chi connectivity index (χ3n) is 1.39. The molecular weight excluding hydrogens is 560 g/mol. The van der Waals surface area contributed by atoms with Crippen molar-refractivity contribution >= 4 is 48.7 Å². The molecule has 0 aliphatic rings. The van der Waals surface area contributed by atoms with Crippen LogP contribution in [0.3, 0.4) is 0 Å². The summed E-state index contributed by atoms with van der Waals surface area (Å²) in [6.07, 6.45) is 0. The SMILES string of the molecule is C.C.[B].[B].[CH2-]C(=O)NCS(=O)(=O)NC(C)(C)C.[CH2-]C(=O)NCS(N)(=O)=O.[Y].[Y]. The summed E-state index contributed by atoms with van der Waals surface area (Å²) < 4.78 is 44.9. The van der Waals surface area contributed by atoms with Gasteiger partial charge in [-0.3, -0.25) is 0 Å². The molecule has 5 N–H and O–H groups in total. The van der Waals surface area contributed by atoms with Crippen LogP contribution in [0.5, 0.6) is 0 Å². The van der Waals surface area contributed by atoms with E-state index in [0.29, 0.717) is 0 Å². The van der Waals surface area contributed by atoms with Crippen molar-refractivity contribution < 1.29 is 91.8 Å². The fourth-order valence-electron chi connectivity index (χ4n) is 0.859. The molecule has 0 saturated heterocycles. The average molecular weight is 590 g/mol. The van der Waals surface area contributed by atoms with Crippen LogP contribution in [0.2, 0.25) is 0 Å². The minimum absolute atomic E-state index is 0. The van der Waals surface area contributed by atoms with Gasteiger partial charge in [-0.1, -0.05) is 14.9 Å². The Labute approximate surface area is 225 Å². The van der Waals surface area contributed by atoms with E-state index in [1.54, 1.807) is 20.8 Å². The zero-order chi connectivity index (χ0) is 18.2. The second-order valence-electron chi connectivity index (χ2n) is 5.12. The van der Waals surface area contributed by atoms with Crippen LogP contribution >= 0.6 is 0 Å². The van der Waals surface area contributed by atoms with Crippen LogP contribution in [0.1, 0.15) is 35.6 Å². The van der Waals surface area contributed by atoms with Crippen molar-refractivity contribution in [1.82, 2.24) is 15.4 Å². The summed E-state index contributed by atoms with van der Waals surface area (Å²) in [6.45, 7) is 11.0. The van der Waals surface area contributed by atoms with Crippen LogP contribution in [-0.4, -0.2) is 62.8 Å². The number of hydrogen-bond acceptors (Lipinski definition) is 6. The van der Waals surface area contributed by atoms with Crippen LogP contribution in [0.25, 0.3) is 0 Å². The molecule has 0 aliphatic heterocycles. The molecular formula is C12H30B2N4O6S2Y2-2. The first-order valence-electron chi connectivity index (χ1n) is 5.76. The molecule has 160 valence electrons. The number of nitrogens with two attached hydrogens (primary N) is 1. The van der Waals surface area contributed by atoms with E-state index in [2.05, 4.69) is 29.0 Å². The molecule has 16 heteroatoms. The summed E-state index contributed by atoms with van der Waals surface area (Å²) in [5, 5.41) is 8.54. The molecule has 0 aromatic rings. The monoisotopic (exact) mass is 590 g/mol. The quantitative estimate of drug-likeness (QED) is 0.221. The summed E-state index contributed by atoms with van der Waals surface area (Å²) >= 11 is 0. The Morgan fingerprint density at radius 3 is 1.32 bits per heavy atom. The molecule has 0 unspecified atom stereocenters. The molecule has 2 amide bonds. The first kappa shape index (κ1) is 51.5. The van der Waals surface area contributed by atoms with Gasteiger partial charge < -0.3 is 34.1 Å². The first-order chi connectivity index (χ1) is 9.54. The molecule has 10 nitrogen and oxygen atoms in total. The number of nitrogens with one attached hydrogen (secondary N) is 3. The molecule has 0 rings (SSSR count). The van der Waals surface area contributed by atoms with Gasteiger partial charge in [-0.2, -0.15) is 0 Å². The van der Waals surface area contributed by atoms with E-state index < -0.39 is 49.2 Å². The van der Waals surface area contributed by atoms with Crippen molar-refractivity contribution in [3.8, 4) is 0 Å². The Kier molecular flexibility index (Phi) is 41.4. The Bertz CT molecular complexity index is 600. The molecule has 0 saturated carbocycles. The summed E-state index contributed by atoms with van der Waals surface area (Å²) in [5.74, 6) is -2.27. The number of hydrogen-bond donors (Lipinski definition) is 4.